The first-order valence-electron chi connectivity index (χ1n) is 5.52. The predicted octanol–water partition coefficient (Wildman–Crippen LogP) is 0.0978. The summed E-state index contributed by atoms with van der Waals surface area (Å²) in [5, 5.41) is 31.9. The van der Waals surface area contributed by atoms with Crippen LogP contribution < -0.4 is 0 Å². The highest BCUT2D eigenvalue weighted by Gasteiger charge is 1.93. The Labute approximate surface area is 119 Å². The van der Waals surface area contributed by atoms with Crippen molar-refractivity contribution >= 4 is 18.6 Å². The maximum atomic E-state index is 9.55. The quantitative estimate of drug-likeness (QED) is 0.247. The summed E-state index contributed by atoms with van der Waals surface area (Å²) < 4.78 is 4.90. The second kappa shape index (κ2) is 22.3. The van der Waals surface area contributed by atoms with Crippen molar-refractivity contribution in [3.05, 3.63) is 25.3 Å². The number of carbonyl (C=O) groups is 1. The third kappa shape index (κ3) is 38.2. The molecule has 0 amide bonds. The van der Waals surface area contributed by atoms with Crippen molar-refractivity contribution in [2.24, 2.45) is 0 Å². The first-order chi connectivity index (χ1) is 8.99. The zero-order valence-electron chi connectivity index (χ0n) is 10.9. The van der Waals surface area contributed by atoms with Crippen LogP contribution in [0.5, 0.6) is 0 Å². The molecule has 7 heteroatoms. The lowest BCUT2D eigenvalue weighted by Crippen LogP contribution is -2.15. The van der Waals surface area contributed by atoms with E-state index in [4.69, 9.17) is 25.2 Å². The van der Waals surface area contributed by atoms with E-state index in [-0.39, 0.29) is 19.6 Å². The highest BCUT2D eigenvalue weighted by molar-refractivity contribution is 7.80. The van der Waals surface area contributed by atoms with E-state index in [0.717, 1.165) is 0 Å². The van der Waals surface area contributed by atoms with E-state index in [2.05, 4.69) is 25.8 Å². The van der Waals surface area contributed by atoms with Crippen LogP contribution in [0.4, 0.5) is 0 Å². The first kappa shape index (κ1) is 23.2. The lowest BCUT2D eigenvalue weighted by atomic mass is 10.4. The van der Waals surface area contributed by atoms with Gasteiger partial charge in [0.15, 0.2) is 0 Å². The predicted molar refractivity (Wildman–Crippen MR) is 77.5 cm³/mol. The van der Waals surface area contributed by atoms with Crippen molar-refractivity contribution in [3.63, 3.8) is 0 Å². The molecule has 0 rings (SSSR count). The Hall–Kier alpha value is -0.860. The molecule has 0 spiro atoms. The second-order valence-electron chi connectivity index (χ2n) is 3.00. The Balaban J connectivity index is -0.000000203. The summed E-state index contributed by atoms with van der Waals surface area (Å²) in [6.45, 7) is 7.45. The standard InChI is InChI=1S/C6H10O.C3H8O3.C3H6O2S/c1-3-5-7-6-4-2;4-1-3(6)2-5;4-3(5)1-2-6/h3-4H,1-2,5-6H2;3-6H,1-2H2;6H,1-2H2,(H,4,5). The van der Waals surface area contributed by atoms with E-state index < -0.39 is 12.1 Å². The summed E-state index contributed by atoms with van der Waals surface area (Å²) in [5.41, 5.74) is 0. The molecule has 0 unspecified atom stereocenters. The van der Waals surface area contributed by atoms with Gasteiger partial charge >= 0.3 is 5.97 Å². The van der Waals surface area contributed by atoms with E-state index in [1.54, 1.807) is 12.2 Å². The molecule has 0 aliphatic heterocycles. The fourth-order valence-electron chi connectivity index (χ4n) is 0.388. The van der Waals surface area contributed by atoms with Crippen molar-refractivity contribution in [1.82, 2.24) is 0 Å². The molecular formula is C12H24O6S. The lowest BCUT2D eigenvalue weighted by molar-refractivity contribution is -0.136. The molecule has 0 aromatic carbocycles. The molecule has 6 nitrogen and oxygen atoms in total. The molecule has 0 aromatic heterocycles. The van der Waals surface area contributed by atoms with E-state index in [1.165, 1.54) is 0 Å². The van der Waals surface area contributed by atoms with Crippen molar-refractivity contribution in [2.45, 2.75) is 12.5 Å². The third-order valence-corrected chi connectivity index (χ3v) is 1.44. The molecule has 19 heavy (non-hydrogen) atoms. The van der Waals surface area contributed by atoms with Crippen LogP contribution in [0.1, 0.15) is 6.42 Å². The number of thiol groups is 1. The number of rotatable bonds is 8. The zero-order valence-corrected chi connectivity index (χ0v) is 11.8. The summed E-state index contributed by atoms with van der Waals surface area (Å²) in [6.07, 6.45) is 2.63. The Kier molecular flexibility index (Phi) is 27.3. The smallest absolute Gasteiger partial charge is 0.304 e. The number of aliphatic hydroxyl groups is 3. The maximum Gasteiger partial charge on any atom is 0.304 e. The van der Waals surface area contributed by atoms with E-state index >= 15 is 0 Å². The number of aliphatic hydroxyl groups excluding tert-OH is 3. The molecule has 0 aliphatic carbocycles. The van der Waals surface area contributed by atoms with Gasteiger partial charge in [0.25, 0.3) is 0 Å². The van der Waals surface area contributed by atoms with E-state index in [1.807, 2.05) is 0 Å². The normalized spacial score (nSPS) is 8.68. The van der Waals surface area contributed by atoms with Crippen LogP contribution >= 0.6 is 12.6 Å². The highest BCUT2D eigenvalue weighted by atomic mass is 32.1. The molecule has 0 fully saturated rings. The number of ether oxygens (including phenoxy) is 1. The third-order valence-electron chi connectivity index (χ3n) is 1.22. The van der Waals surface area contributed by atoms with Gasteiger partial charge in [0.05, 0.1) is 32.8 Å². The van der Waals surface area contributed by atoms with Gasteiger partial charge in [-0.05, 0) is 0 Å². The number of carboxylic acid groups (broad SMARTS) is 1. The van der Waals surface area contributed by atoms with Gasteiger partial charge in [-0.15, -0.1) is 13.2 Å². The molecule has 0 heterocycles. The topological polar surface area (TPSA) is 107 Å². The molecular weight excluding hydrogens is 272 g/mol. The second-order valence-corrected chi connectivity index (χ2v) is 3.45. The van der Waals surface area contributed by atoms with Gasteiger partial charge < -0.3 is 25.2 Å². The van der Waals surface area contributed by atoms with Crippen LogP contribution in [0, 0.1) is 0 Å². The monoisotopic (exact) mass is 296 g/mol. The van der Waals surface area contributed by atoms with Gasteiger partial charge in [0.1, 0.15) is 6.10 Å². The van der Waals surface area contributed by atoms with Crippen LogP contribution in [0.2, 0.25) is 0 Å². The van der Waals surface area contributed by atoms with Gasteiger partial charge in [-0.3, -0.25) is 4.79 Å². The van der Waals surface area contributed by atoms with Crippen molar-refractivity contribution in [3.8, 4) is 0 Å². The summed E-state index contributed by atoms with van der Waals surface area (Å²) in [5.74, 6) is -0.361. The summed E-state index contributed by atoms with van der Waals surface area (Å²) in [7, 11) is 0. The van der Waals surface area contributed by atoms with Crippen LogP contribution in [0.3, 0.4) is 0 Å². The van der Waals surface area contributed by atoms with Crippen LogP contribution in [0.25, 0.3) is 0 Å². The Bertz CT molecular complexity index is 198. The van der Waals surface area contributed by atoms with E-state index in [9.17, 15) is 4.79 Å². The Morgan fingerprint density at radius 1 is 1.21 bits per heavy atom. The van der Waals surface area contributed by atoms with Gasteiger partial charge in [0.2, 0.25) is 0 Å². The molecule has 0 radical (unpaired) electrons. The fourth-order valence-corrected chi connectivity index (χ4v) is 0.579. The maximum absolute atomic E-state index is 9.55. The number of hydrogen-bond donors (Lipinski definition) is 5. The van der Waals surface area contributed by atoms with Crippen molar-refractivity contribution < 1.29 is 30.0 Å². The summed E-state index contributed by atoms with van der Waals surface area (Å²) >= 11 is 3.68. The zero-order chi connectivity index (χ0) is 15.5. The van der Waals surface area contributed by atoms with Crippen LogP contribution in [0.15, 0.2) is 25.3 Å². The molecule has 0 atom stereocenters. The van der Waals surface area contributed by atoms with Crippen molar-refractivity contribution in [2.75, 3.05) is 32.2 Å². The SMILES string of the molecule is C=CCOCC=C.O=C(O)CCS.OCC(O)CO. The molecule has 4 N–H and O–H groups in total. The largest absolute Gasteiger partial charge is 0.481 e. The molecule has 0 bridgehead atoms. The highest BCUT2D eigenvalue weighted by Crippen LogP contribution is 1.79. The number of aliphatic carboxylic acids is 1. The lowest BCUT2D eigenvalue weighted by Gasteiger charge is -1.96. The first-order valence-corrected chi connectivity index (χ1v) is 6.15. The fraction of sp³-hybridized carbons (Fsp3) is 0.583. The van der Waals surface area contributed by atoms with Crippen LogP contribution in [-0.4, -0.2) is 64.7 Å². The summed E-state index contributed by atoms with van der Waals surface area (Å²) in [4.78, 5) is 9.55. The van der Waals surface area contributed by atoms with Gasteiger partial charge in [-0.2, -0.15) is 12.6 Å². The minimum Gasteiger partial charge on any atom is -0.481 e. The average Bonchev–Trinajstić information content (AvgIpc) is 2.39. The minimum absolute atomic E-state index is 0.156. The Morgan fingerprint density at radius 3 is 1.74 bits per heavy atom. The number of hydrogen-bond acceptors (Lipinski definition) is 6. The van der Waals surface area contributed by atoms with Crippen LogP contribution in [-0.2, 0) is 9.53 Å². The number of carboxylic acids is 1. The molecule has 0 saturated carbocycles. The average molecular weight is 296 g/mol. The summed E-state index contributed by atoms with van der Waals surface area (Å²) in [6, 6.07) is 0. The molecule has 0 saturated heterocycles. The van der Waals surface area contributed by atoms with E-state index in [0.29, 0.717) is 19.0 Å². The minimum atomic E-state index is -0.954. The van der Waals surface area contributed by atoms with Gasteiger partial charge in [-0.1, -0.05) is 12.2 Å². The molecule has 0 aromatic rings. The molecule has 114 valence electrons. The molecule has 0 aliphatic rings. The van der Waals surface area contributed by atoms with Gasteiger partial charge in [0, 0.05) is 5.75 Å². The Morgan fingerprint density at radius 2 is 1.63 bits per heavy atom. The van der Waals surface area contributed by atoms with Gasteiger partial charge in [-0.25, -0.2) is 0 Å². The van der Waals surface area contributed by atoms with Crippen molar-refractivity contribution in [1.29, 1.82) is 0 Å².